The van der Waals surface area contributed by atoms with Crippen LogP contribution in [0.4, 0.5) is 0 Å². The van der Waals surface area contributed by atoms with Gasteiger partial charge in [-0.15, -0.1) is 0 Å². The Hall–Kier alpha value is -1.06. The maximum atomic E-state index is 9.93. The van der Waals surface area contributed by atoms with Gasteiger partial charge in [-0.2, -0.15) is 0 Å². The highest BCUT2D eigenvalue weighted by molar-refractivity contribution is 5.33. The second-order valence-corrected chi connectivity index (χ2v) is 4.75. The molecule has 2 rings (SSSR count). The molecule has 1 fully saturated rings. The fourth-order valence-electron chi connectivity index (χ4n) is 1.98. The molecule has 17 heavy (non-hydrogen) atoms. The summed E-state index contributed by atoms with van der Waals surface area (Å²) in [6.45, 7) is 5.88. The third-order valence-electron chi connectivity index (χ3n) is 3.41. The molecule has 0 aliphatic carbocycles. The standard InChI is InChI=1S/C14H20O3/c1-10-3-4-13(7-11(10)2)17-9-14(15)12-5-6-16-8-12/h3-4,7,12,14-15H,5-6,8-9H2,1-2H3. The summed E-state index contributed by atoms with van der Waals surface area (Å²) in [6.07, 6.45) is 0.497. The summed E-state index contributed by atoms with van der Waals surface area (Å²) in [5, 5.41) is 9.93. The molecule has 1 saturated heterocycles. The van der Waals surface area contributed by atoms with Crippen molar-refractivity contribution in [2.45, 2.75) is 26.4 Å². The highest BCUT2D eigenvalue weighted by Crippen LogP contribution is 2.20. The van der Waals surface area contributed by atoms with Gasteiger partial charge in [0.2, 0.25) is 0 Å². The Balaban J connectivity index is 1.86. The monoisotopic (exact) mass is 236 g/mol. The highest BCUT2D eigenvalue weighted by Gasteiger charge is 2.24. The number of benzene rings is 1. The van der Waals surface area contributed by atoms with E-state index in [0.717, 1.165) is 18.8 Å². The molecule has 2 atom stereocenters. The van der Waals surface area contributed by atoms with E-state index >= 15 is 0 Å². The van der Waals surface area contributed by atoms with Crippen molar-refractivity contribution in [3.63, 3.8) is 0 Å². The molecule has 0 radical (unpaired) electrons. The normalized spacial score (nSPS) is 21.5. The smallest absolute Gasteiger partial charge is 0.119 e. The Labute approximate surface area is 102 Å². The van der Waals surface area contributed by atoms with Gasteiger partial charge in [0.15, 0.2) is 0 Å². The first kappa shape index (κ1) is 12.4. The van der Waals surface area contributed by atoms with Gasteiger partial charge in [-0.25, -0.2) is 0 Å². The lowest BCUT2D eigenvalue weighted by Gasteiger charge is -2.17. The summed E-state index contributed by atoms with van der Waals surface area (Å²) in [4.78, 5) is 0. The topological polar surface area (TPSA) is 38.7 Å². The van der Waals surface area contributed by atoms with E-state index in [1.165, 1.54) is 11.1 Å². The van der Waals surface area contributed by atoms with E-state index in [4.69, 9.17) is 9.47 Å². The van der Waals surface area contributed by atoms with Crippen molar-refractivity contribution in [1.29, 1.82) is 0 Å². The van der Waals surface area contributed by atoms with Crippen LogP contribution in [0.5, 0.6) is 5.75 Å². The zero-order valence-electron chi connectivity index (χ0n) is 10.5. The lowest BCUT2D eigenvalue weighted by atomic mass is 10.0. The first-order valence-corrected chi connectivity index (χ1v) is 6.12. The number of aryl methyl sites for hydroxylation is 2. The van der Waals surface area contributed by atoms with Gasteiger partial charge in [0.25, 0.3) is 0 Å². The Morgan fingerprint density at radius 1 is 1.41 bits per heavy atom. The number of aliphatic hydroxyl groups is 1. The van der Waals surface area contributed by atoms with E-state index in [1.807, 2.05) is 18.2 Å². The molecule has 0 saturated carbocycles. The van der Waals surface area contributed by atoms with Gasteiger partial charge in [0, 0.05) is 12.5 Å². The summed E-state index contributed by atoms with van der Waals surface area (Å²) in [7, 11) is 0. The fourth-order valence-corrected chi connectivity index (χ4v) is 1.98. The third-order valence-corrected chi connectivity index (χ3v) is 3.41. The SMILES string of the molecule is Cc1ccc(OCC(O)C2CCOC2)cc1C. The van der Waals surface area contributed by atoms with Gasteiger partial charge < -0.3 is 14.6 Å². The minimum atomic E-state index is -0.431. The van der Waals surface area contributed by atoms with Crippen molar-refractivity contribution in [2.24, 2.45) is 5.92 Å². The molecule has 3 nitrogen and oxygen atoms in total. The molecule has 0 spiro atoms. The molecular formula is C14H20O3. The van der Waals surface area contributed by atoms with Crippen molar-refractivity contribution < 1.29 is 14.6 Å². The first-order chi connectivity index (χ1) is 8.16. The van der Waals surface area contributed by atoms with Crippen LogP contribution in [0, 0.1) is 19.8 Å². The van der Waals surface area contributed by atoms with Gasteiger partial charge in [0.05, 0.1) is 12.7 Å². The Morgan fingerprint density at radius 3 is 2.88 bits per heavy atom. The predicted octanol–water partition coefficient (Wildman–Crippen LogP) is 2.08. The summed E-state index contributed by atoms with van der Waals surface area (Å²) in [5.41, 5.74) is 2.46. The van der Waals surface area contributed by atoms with Crippen LogP contribution >= 0.6 is 0 Å². The average Bonchev–Trinajstić information content (AvgIpc) is 2.84. The quantitative estimate of drug-likeness (QED) is 0.870. The Kier molecular flexibility index (Phi) is 4.02. The lowest BCUT2D eigenvalue weighted by molar-refractivity contribution is 0.0499. The third kappa shape index (κ3) is 3.20. The van der Waals surface area contributed by atoms with Crippen molar-refractivity contribution in [3.8, 4) is 5.75 Å². The van der Waals surface area contributed by atoms with Gasteiger partial charge in [-0.05, 0) is 43.5 Å². The van der Waals surface area contributed by atoms with Crippen LogP contribution in [0.2, 0.25) is 0 Å². The van der Waals surface area contributed by atoms with Crippen molar-refractivity contribution >= 4 is 0 Å². The highest BCUT2D eigenvalue weighted by atomic mass is 16.5. The Bertz CT molecular complexity index is 370. The number of ether oxygens (including phenoxy) is 2. The molecule has 2 unspecified atom stereocenters. The maximum absolute atomic E-state index is 9.93. The van der Waals surface area contributed by atoms with Crippen LogP contribution in [0.1, 0.15) is 17.5 Å². The molecule has 0 bridgehead atoms. The van der Waals surface area contributed by atoms with Crippen molar-refractivity contribution in [2.75, 3.05) is 19.8 Å². The number of hydrogen-bond donors (Lipinski definition) is 1. The van der Waals surface area contributed by atoms with Crippen LogP contribution in [0.25, 0.3) is 0 Å². The second kappa shape index (κ2) is 5.52. The van der Waals surface area contributed by atoms with E-state index in [2.05, 4.69) is 13.8 Å². The van der Waals surface area contributed by atoms with Crippen LogP contribution in [-0.4, -0.2) is 31.0 Å². The van der Waals surface area contributed by atoms with E-state index in [0.29, 0.717) is 13.2 Å². The molecule has 1 N–H and O–H groups in total. The predicted molar refractivity (Wildman–Crippen MR) is 66.3 cm³/mol. The summed E-state index contributed by atoms with van der Waals surface area (Å²) in [5.74, 6) is 1.05. The van der Waals surface area contributed by atoms with E-state index < -0.39 is 6.10 Å². The van der Waals surface area contributed by atoms with E-state index in [9.17, 15) is 5.11 Å². The van der Waals surface area contributed by atoms with Gasteiger partial charge >= 0.3 is 0 Å². The van der Waals surface area contributed by atoms with Crippen molar-refractivity contribution in [3.05, 3.63) is 29.3 Å². The van der Waals surface area contributed by atoms with Crippen LogP contribution in [-0.2, 0) is 4.74 Å². The summed E-state index contributed by atoms with van der Waals surface area (Å²) < 4.78 is 10.9. The zero-order valence-corrected chi connectivity index (χ0v) is 10.5. The zero-order chi connectivity index (χ0) is 12.3. The fraction of sp³-hybridized carbons (Fsp3) is 0.571. The summed E-state index contributed by atoms with van der Waals surface area (Å²) in [6, 6.07) is 5.99. The van der Waals surface area contributed by atoms with Gasteiger partial charge in [0.1, 0.15) is 12.4 Å². The number of aliphatic hydroxyl groups excluding tert-OH is 1. The van der Waals surface area contributed by atoms with Crippen LogP contribution in [0.15, 0.2) is 18.2 Å². The molecule has 1 aromatic carbocycles. The molecule has 1 aliphatic heterocycles. The summed E-state index contributed by atoms with van der Waals surface area (Å²) >= 11 is 0. The van der Waals surface area contributed by atoms with E-state index in [-0.39, 0.29) is 5.92 Å². The number of hydrogen-bond acceptors (Lipinski definition) is 3. The number of rotatable bonds is 4. The first-order valence-electron chi connectivity index (χ1n) is 6.12. The molecule has 1 aliphatic rings. The average molecular weight is 236 g/mol. The Morgan fingerprint density at radius 2 is 2.24 bits per heavy atom. The molecule has 0 amide bonds. The van der Waals surface area contributed by atoms with Gasteiger partial charge in [-0.1, -0.05) is 6.07 Å². The van der Waals surface area contributed by atoms with Crippen LogP contribution < -0.4 is 4.74 Å². The molecule has 3 heteroatoms. The molecular weight excluding hydrogens is 216 g/mol. The van der Waals surface area contributed by atoms with E-state index in [1.54, 1.807) is 0 Å². The van der Waals surface area contributed by atoms with Gasteiger partial charge in [-0.3, -0.25) is 0 Å². The molecule has 0 aromatic heterocycles. The lowest BCUT2D eigenvalue weighted by Crippen LogP contribution is -2.27. The molecule has 1 heterocycles. The largest absolute Gasteiger partial charge is 0.491 e. The minimum absolute atomic E-state index is 0.224. The molecule has 1 aromatic rings. The minimum Gasteiger partial charge on any atom is -0.491 e. The second-order valence-electron chi connectivity index (χ2n) is 4.75. The molecule has 94 valence electrons. The van der Waals surface area contributed by atoms with Crippen LogP contribution in [0.3, 0.4) is 0 Å². The van der Waals surface area contributed by atoms with Crippen molar-refractivity contribution in [1.82, 2.24) is 0 Å². The maximum Gasteiger partial charge on any atom is 0.119 e.